The van der Waals surface area contributed by atoms with Gasteiger partial charge in [0.2, 0.25) is 5.91 Å². The van der Waals surface area contributed by atoms with Crippen molar-refractivity contribution in [3.63, 3.8) is 0 Å². The quantitative estimate of drug-likeness (QED) is 0.421. The van der Waals surface area contributed by atoms with Crippen molar-refractivity contribution in [3.8, 4) is 5.75 Å². The third-order valence-corrected chi connectivity index (χ3v) is 6.98. The number of hydrogen-bond acceptors (Lipinski definition) is 3. The van der Waals surface area contributed by atoms with Gasteiger partial charge in [-0.2, -0.15) is 0 Å². The van der Waals surface area contributed by atoms with Gasteiger partial charge >= 0.3 is 0 Å². The van der Waals surface area contributed by atoms with E-state index in [1.165, 1.54) is 18.6 Å². The fourth-order valence-corrected chi connectivity index (χ4v) is 4.89. The molecule has 0 spiro atoms. The maximum absolute atomic E-state index is 13.4. The molecule has 0 radical (unpaired) electrons. The molecule has 1 unspecified atom stereocenters. The van der Waals surface area contributed by atoms with E-state index >= 15 is 0 Å². The highest BCUT2D eigenvalue weighted by Gasteiger charge is 2.30. The predicted molar refractivity (Wildman–Crippen MR) is 135 cm³/mol. The minimum absolute atomic E-state index is 0.140. The lowest BCUT2D eigenvalue weighted by molar-refractivity contribution is -0.143. The van der Waals surface area contributed by atoms with Gasteiger partial charge in [-0.25, -0.2) is 4.39 Å². The molecular weight excluding hydrogens is 499 g/mol. The summed E-state index contributed by atoms with van der Waals surface area (Å²) in [6.07, 6.45) is 6.74. The van der Waals surface area contributed by atoms with Crippen molar-refractivity contribution in [3.05, 3.63) is 63.9 Å². The maximum atomic E-state index is 13.4. The van der Waals surface area contributed by atoms with Gasteiger partial charge in [-0.1, -0.05) is 51.3 Å². The van der Waals surface area contributed by atoms with E-state index in [1.807, 2.05) is 25.1 Å². The Bertz CT molecular complexity index is 961. The molecule has 1 aliphatic carbocycles. The number of halogens is 2. The van der Waals surface area contributed by atoms with Crippen LogP contribution in [0.15, 0.2) is 46.9 Å². The van der Waals surface area contributed by atoms with Gasteiger partial charge in [0.05, 0.1) is 4.47 Å². The van der Waals surface area contributed by atoms with Crippen LogP contribution >= 0.6 is 15.9 Å². The van der Waals surface area contributed by atoms with Gasteiger partial charge in [0.15, 0.2) is 6.61 Å². The lowest BCUT2D eigenvalue weighted by atomic mass is 9.95. The number of benzene rings is 2. The average molecular weight is 533 g/mol. The number of nitrogens with one attached hydrogen (secondary N) is 1. The summed E-state index contributed by atoms with van der Waals surface area (Å²) in [6, 6.07) is 11.3. The zero-order chi connectivity index (χ0) is 24.5. The minimum Gasteiger partial charge on any atom is -0.483 e. The zero-order valence-electron chi connectivity index (χ0n) is 20.0. The summed E-state index contributed by atoms with van der Waals surface area (Å²) in [5, 5.41) is 3.15. The molecule has 184 valence electrons. The van der Waals surface area contributed by atoms with Crippen molar-refractivity contribution in [1.82, 2.24) is 10.2 Å². The van der Waals surface area contributed by atoms with Crippen molar-refractivity contribution >= 4 is 27.7 Å². The number of carbonyl (C=O) groups is 2. The van der Waals surface area contributed by atoms with Crippen LogP contribution in [0.3, 0.4) is 0 Å². The lowest BCUT2D eigenvalue weighted by Crippen LogP contribution is -2.52. The molecule has 7 heteroatoms. The first kappa shape index (κ1) is 26.2. The Hall–Kier alpha value is -2.41. The van der Waals surface area contributed by atoms with Crippen LogP contribution in [-0.2, 0) is 22.6 Å². The van der Waals surface area contributed by atoms with Crippen LogP contribution < -0.4 is 10.1 Å². The normalized spacial score (nSPS) is 14.9. The summed E-state index contributed by atoms with van der Waals surface area (Å²) in [4.78, 5) is 28.1. The van der Waals surface area contributed by atoms with E-state index in [0.717, 1.165) is 47.7 Å². The molecule has 5 nitrogen and oxygen atoms in total. The standard InChI is InChI=1S/C27H34BrFN2O3/c1-3-19-12-15-25(23(28)16-19)34-18-26(32)31(17-20-10-13-21(29)14-11-20)24(4-2)27(33)30-22-8-6-5-7-9-22/h10-16,22,24H,3-9,17-18H2,1-2H3,(H,30,33). The molecule has 0 saturated heterocycles. The molecule has 1 fully saturated rings. The molecule has 2 amide bonds. The van der Waals surface area contributed by atoms with Crippen LogP contribution in [0, 0.1) is 5.82 Å². The number of aryl methyl sites for hydroxylation is 1. The SMILES string of the molecule is CCc1ccc(OCC(=O)N(Cc2ccc(F)cc2)C(CC)C(=O)NC2CCCCC2)c(Br)c1. The molecule has 0 aliphatic heterocycles. The first-order valence-corrected chi connectivity index (χ1v) is 13.0. The van der Waals surface area contributed by atoms with Gasteiger partial charge in [-0.3, -0.25) is 9.59 Å². The summed E-state index contributed by atoms with van der Waals surface area (Å²) in [5.74, 6) is -0.195. The third-order valence-electron chi connectivity index (χ3n) is 6.36. The Balaban J connectivity index is 1.75. The monoisotopic (exact) mass is 532 g/mol. The molecule has 2 aromatic carbocycles. The van der Waals surface area contributed by atoms with Crippen LogP contribution in [-0.4, -0.2) is 35.4 Å². The summed E-state index contributed by atoms with van der Waals surface area (Å²) in [7, 11) is 0. The topological polar surface area (TPSA) is 58.6 Å². The van der Waals surface area contributed by atoms with Gasteiger partial charge in [-0.05, 0) is 77.0 Å². The van der Waals surface area contributed by atoms with Gasteiger partial charge in [0.1, 0.15) is 17.6 Å². The first-order valence-electron chi connectivity index (χ1n) is 12.2. The van der Waals surface area contributed by atoms with Crippen LogP contribution in [0.1, 0.15) is 63.5 Å². The smallest absolute Gasteiger partial charge is 0.261 e. The van der Waals surface area contributed by atoms with Crippen molar-refractivity contribution in [1.29, 1.82) is 0 Å². The second-order valence-electron chi connectivity index (χ2n) is 8.82. The van der Waals surface area contributed by atoms with E-state index in [1.54, 1.807) is 17.0 Å². The Morgan fingerprint density at radius 1 is 1.09 bits per heavy atom. The maximum Gasteiger partial charge on any atom is 0.261 e. The molecule has 1 atom stereocenters. The Kier molecular flexibility index (Phi) is 9.93. The fraction of sp³-hybridized carbons (Fsp3) is 0.481. The van der Waals surface area contributed by atoms with Crippen molar-refractivity contribution in [2.75, 3.05) is 6.61 Å². The molecule has 1 aliphatic rings. The average Bonchev–Trinajstić information content (AvgIpc) is 2.84. The molecule has 0 bridgehead atoms. The van der Waals surface area contributed by atoms with E-state index in [0.29, 0.717) is 12.2 Å². The van der Waals surface area contributed by atoms with Crippen molar-refractivity contribution < 1.29 is 18.7 Å². The van der Waals surface area contributed by atoms with E-state index < -0.39 is 6.04 Å². The molecule has 1 saturated carbocycles. The van der Waals surface area contributed by atoms with Gasteiger partial charge in [0.25, 0.3) is 5.91 Å². The molecule has 0 heterocycles. The molecule has 2 aromatic rings. The summed E-state index contributed by atoms with van der Waals surface area (Å²) >= 11 is 3.51. The molecule has 3 rings (SSSR count). The van der Waals surface area contributed by atoms with Crippen LogP contribution in [0.2, 0.25) is 0 Å². The van der Waals surface area contributed by atoms with E-state index in [4.69, 9.17) is 4.74 Å². The second-order valence-corrected chi connectivity index (χ2v) is 9.68. The van der Waals surface area contributed by atoms with Crippen molar-refractivity contribution in [2.24, 2.45) is 0 Å². The lowest BCUT2D eigenvalue weighted by Gasteiger charge is -2.32. The minimum atomic E-state index is -0.631. The number of carbonyl (C=O) groups excluding carboxylic acids is 2. The Morgan fingerprint density at radius 2 is 1.76 bits per heavy atom. The van der Waals surface area contributed by atoms with Crippen molar-refractivity contribution in [2.45, 2.75) is 77.4 Å². The van der Waals surface area contributed by atoms with Gasteiger partial charge in [0, 0.05) is 12.6 Å². The van der Waals surface area contributed by atoms with Crippen LogP contribution in [0.25, 0.3) is 0 Å². The summed E-state index contributed by atoms with van der Waals surface area (Å²) < 4.78 is 20.0. The Morgan fingerprint density at radius 3 is 2.38 bits per heavy atom. The zero-order valence-corrected chi connectivity index (χ0v) is 21.6. The highest BCUT2D eigenvalue weighted by atomic mass is 79.9. The van der Waals surface area contributed by atoms with E-state index in [2.05, 4.69) is 28.2 Å². The molecular formula is C27H34BrFN2O3. The highest BCUT2D eigenvalue weighted by molar-refractivity contribution is 9.10. The number of ether oxygens (including phenoxy) is 1. The van der Waals surface area contributed by atoms with Gasteiger partial charge < -0.3 is 15.0 Å². The molecule has 1 N–H and O–H groups in total. The van der Waals surface area contributed by atoms with E-state index in [-0.39, 0.29) is 36.8 Å². The number of hydrogen-bond donors (Lipinski definition) is 1. The molecule has 34 heavy (non-hydrogen) atoms. The largest absolute Gasteiger partial charge is 0.483 e. The highest BCUT2D eigenvalue weighted by Crippen LogP contribution is 2.26. The number of rotatable bonds is 10. The van der Waals surface area contributed by atoms with Crippen LogP contribution in [0.5, 0.6) is 5.75 Å². The number of amides is 2. The summed E-state index contributed by atoms with van der Waals surface area (Å²) in [5.41, 5.74) is 1.92. The van der Waals surface area contributed by atoms with Gasteiger partial charge in [-0.15, -0.1) is 0 Å². The van der Waals surface area contributed by atoms with E-state index in [9.17, 15) is 14.0 Å². The predicted octanol–water partition coefficient (Wildman–Crippen LogP) is 5.79. The first-order chi connectivity index (χ1) is 16.4. The van der Waals surface area contributed by atoms with Crippen LogP contribution in [0.4, 0.5) is 4.39 Å². The molecule has 0 aromatic heterocycles. The second kappa shape index (κ2) is 12.9. The fourth-order valence-electron chi connectivity index (χ4n) is 4.35. The summed E-state index contributed by atoms with van der Waals surface area (Å²) in [6.45, 7) is 3.98. The third kappa shape index (κ3) is 7.29. The number of nitrogens with zero attached hydrogens (tertiary/aromatic N) is 1. The Labute approximate surface area is 210 Å².